The number of rotatable bonds is 5. The Morgan fingerprint density at radius 2 is 1.64 bits per heavy atom. The summed E-state index contributed by atoms with van der Waals surface area (Å²) in [7, 11) is 3.08. The summed E-state index contributed by atoms with van der Waals surface area (Å²) < 4.78 is 10.6. The fraction of sp³-hybridized carbons (Fsp3) is 0.391. The highest BCUT2D eigenvalue weighted by atomic mass is 32.2. The first kappa shape index (κ1) is 22.9. The fourth-order valence-electron chi connectivity index (χ4n) is 4.39. The van der Waals surface area contributed by atoms with Crippen LogP contribution in [0.4, 0.5) is 5.69 Å². The smallest absolute Gasteiger partial charge is 0.270 e. The molecule has 2 heterocycles. The summed E-state index contributed by atoms with van der Waals surface area (Å²) >= 11 is 1.72. The summed E-state index contributed by atoms with van der Waals surface area (Å²) in [5.41, 5.74) is 0.703. The molecule has 33 heavy (non-hydrogen) atoms. The van der Waals surface area contributed by atoms with E-state index in [-0.39, 0.29) is 17.5 Å². The maximum Gasteiger partial charge on any atom is 0.270 e. The molecule has 0 bridgehead atoms. The molecule has 10 heteroatoms. The van der Waals surface area contributed by atoms with E-state index in [4.69, 9.17) is 9.47 Å². The maximum atomic E-state index is 13.3. The zero-order valence-electron chi connectivity index (χ0n) is 18.5. The van der Waals surface area contributed by atoms with Crippen molar-refractivity contribution in [3.05, 3.63) is 63.7 Å². The average molecular weight is 472 g/mol. The van der Waals surface area contributed by atoms with Gasteiger partial charge in [-0.05, 0) is 31.0 Å². The van der Waals surface area contributed by atoms with Gasteiger partial charge >= 0.3 is 0 Å². The van der Waals surface area contributed by atoms with Gasteiger partial charge in [-0.1, -0.05) is 6.07 Å². The van der Waals surface area contributed by atoms with E-state index in [0.29, 0.717) is 55.1 Å². The van der Waals surface area contributed by atoms with Gasteiger partial charge in [0.25, 0.3) is 17.5 Å². The van der Waals surface area contributed by atoms with Gasteiger partial charge in [-0.2, -0.15) is 0 Å². The van der Waals surface area contributed by atoms with Gasteiger partial charge in [-0.25, -0.2) is 0 Å². The molecule has 1 spiro atoms. The normalized spacial score (nSPS) is 17.2. The molecule has 2 saturated heterocycles. The number of ether oxygens (including phenoxy) is 2. The molecule has 0 aliphatic carbocycles. The molecule has 0 N–H and O–H groups in total. The Labute approximate surface area is 195 Å². The summed E-state index contributed by atoms with van der Waals surface area (Å²) in [6, 6.07) is 11.0. The van der Waals surface area contributed by atoms with E-state index >= 15 is 0 Å². The van der Waals surface area contributed by atoms with Crippen LogP contribution in [0.15, 0.2) is 42.5 Å². The van der Waals surface area contributed by atoms with Crippen LogP contribution >= 0.6 is 11.8 Å². The predicted octanol–water partition coefficient (Wildman–Crippen LogP) is 3.43. The summed E-state index contributed by atoms with van der Waals surface area (Å²) in [5.74, 6) is 1.57. The van der Waals surface area contributed by atoms with Gasteiger partial charge in [0.1, 0.15) is 11.5 Å². The number of thioether (sulfide) groups is 1. The molecule has 0 saturated carbocycles. The second-order valence-corrected chi connectivity index (χ2v) is 9.41. The summed E-state index contributed by atoms with van der Waals surface area (Å²) in [4.78, 5) is 40.2. The number of carbonyl (C=O) groups excluding carboxylic acids is 2. The zero-order valence-corrected chi connectivity index (χ0v) is 19.3. The van der Waals surface area contributed by atoms with Crippen LogP contribution in [-0.4, -0.2) is 71.0 Å². The SMILES string of the molecule is COc1cc(OC)cc(C(=O)N2CCC3(CC2)SCCN3C(=O)c2cccc([N+](=O)[O-])c2)c1. The summed E-state index contributed by atoms with van der Waals surface area (Å²) in [5, 5.41) is 11.1. The van der Waals surface area contributed by atoms with Crippen molar-refractivity contribution in [1.82, 2.24) is 9.80 Å². The predicted molar refractivity (Wildman–Crippen MR) is 124 cm³/mol. The Bertz CT molecular complexity index is 1060. The van der Waals surface area contributed by atoms with Crippen LogP contribution in [-0.2, 0) is 0 Å². The topological polar surface area (TPSA) is 102 Å². The minimum atomic E-state index is -0.497. The molecule has 2 aromatic carbocycles. The van der Waals surface area contributed by atoms with Gasteiger partial charge in [-0.15, -0.1) is 11.8 Å². The second kappa shape index (κ2) is 9.30. The van der Waals surface area contributed by atoms with Crippen molar-refractivity contribution in [1.29, 1.82) is 0 Å². The van der Waals surface area contributed by atoms with E-state index in [9.17, 15) is 19.7 Å². The van der Waals surface area contributed by atoms with Crippen molar-refractivity contribution in [2.24, 2.45) is 0 Å². The van der Waals surface area contributed by atoms with E-state index in [2.05, 4.69) is 0 Å². The third-order valence-corrected chi connectivity index (χ3v) is 7.71. The lowest BCUT2D eigenvalue weighted by Gasteiger charge is -2.44. The maximum absolute atomic E-state index is 13.3. The van der Waals surface area contributed by atoms with E-state index in [0.717, 1.165) is 5.75 Å². The Morgan fingerprint density at radius 1 is 0.970 bits per heavy atom. The lowest BCUT2D eigenvalue weighted by atomic mass is 10.00. The minimum Gasteiger partial charge on any atom is -0.497 e. The number of nitro benzene ring substituents is 1. The first-order chi connectivity index (χ1) is 15.9. The number of non-ortho nitro benzene ring substituents is 1. The monoisotopic (exact) mass is 471 g/mol. The Hall–Kier alpha value is -3.27. The molecule has 2 fully saturated rings. The van der Waals surface area contributed by atoms with Gasteiger partial charge in [0.15, 0.2) is 0 Å². The number of nitrogens with zero attached hydrogens (tertiary/aromatic N) is 3. The highest BCUT2D eigenvalue weighted by Gasteiger charge is 2.47. The number of nitro groups is 1. The molecule has 2 aliphatic heterocycles. The minimum absolute atomic E-state index is 0.101. The van der Waals surface area contributed by atoms with Gasteiger partial charge < -0.3 is 19.3 Å². The first-order valence-corrected chi connectivity index (χ1v) is 11.6. The van der Waals surface area contributed by atoms with E-state index in [1.54, 1.807) is 40.9 Å². The van der Waals surface area contributed by atoms with Crippen LogP contribution in [0.1, 0.15) is 33.6 Å². The Morgan fingerprint density at radius 3 is 2.24 bits per heavy atom. The third-order valence-electron chi connectivity index (χ3n) is 6.16. The average Bonchev–Trinajstić information content (AvgIpc) is 3.25. The molecular formula is C23H25N3O6S. The highest BCUT2D eigenvalue weighted by molar-refractivity contribution is 8.00. The lowest BCUT2D eigenvalue weighted by molar-refractivity contribution is -0.384. The molecule has 0 atom stereocenters. The number of hydrogen-bond acceptors (Lipinski definition) is 7. The number of hydrogen-bond donors (Lipinski definition) is 0. The highest BCUT2D eigenvalue weighted by Crippen LogP contribution is 2.45. The number of amides is 2. The summed E-state index contributed by atoms with van der Waals surface area (Å²) in [6.07, 6.45) is 1.26. The molecule has 9 nitrogen and oxygen atoms in total. The van der Waals surface area contributed by atoms with E-state index < -0.39 is 9.79 Å². The van der Waals surface area contributed by atoms with Crippen molar-refractivity contribution in [3.8, 4) is 11.5 Å². The van der Waals surface area contributed by atoms with Crippen LogP contribution in [0.2, 0.25) is 0 Å². The lowest BCUT2D eigenvalue weighted by Crippen LogP contribution is -2.53. The Kier molecular flexibility index (Phi) is 6.46. The van der Waals surface area contributed by atoms with Crippen molar-refractivity contribution in [2.75, 3.05) is 39.6 Å². The molecule has 174 valence electrons. The largest absolute Gasteiger partial charge is 0.497 e. The standard InChI is InChI=1S/C23H25N3O6S/c1-31-19-13-17(14-20(15-19)32-2)21(27)24-8-6-23(7-9-24)25(10-11-33-23)22(28)16-4-3-5-18(12-16)26(29)30/h3-5,12-15H,6-11H2,1-2H3. The molecule has 4 rings (SSSR count). The summed E-state index contributed by atoms with van der Waals surface area (Å²) in [6.45, 7) is 1.58. The van der Waals surface area contributed by atoms with Crippen molar-refractivity contribution >= 4 is 29.3 Å². The fourth-order valence-corrected chi connectivity index (χ4v) is 5.85. The number of methoxy groups -OCH3 is 2. The molecule has 0 radical (unpaired) electrons. The van der Waals surface area contributed by atoms with Crippen molar-refractivity contribution in [2.45, 2.75) is 17.7 Å². The van der Waals surface area contributed by atoms with E-state index in [1.165, 1.54) is 32.4 Å². The molecule has 2 amide bonds. The van der Waals surface area contributed by atoms with Crippen molar-refractivity contribution in [3.63, 3.8) is 0 Å². The van der Waals surface area contributed by atoms with Crippen LogP contribution in [0, 0.1) is 10.1 Å². The number of piperidine rings is 1. The molecule has 2 aromatic rings. The number of likely N-dealkylation sites (tertiary alicyclic amines) is 1. The number of carbonyl (C=O) groups is 2. The van der Waals surface area contributed by atoms with E-state index in [1.807, 2.05) is 4.90 Å². The molecular weight excluding hydrogens is 446 g/mol. The molecule has 0 aromatic heterocycles. The van der Waals surface area contributed by atoms with Gasteiger partial charge in [0.05, 0.1) is 24.0 Å². The third kappa shape index (κ3) is 4.47. The quantitative estimate of drug-likeness (QED) is 0.486. The van der Waals surface area contributed by atoms with Gasteiger partial charge in [0.2, 0.25) is 0 Å². The van der Waals surface area contributed by atoms with Crippen LogP contribution in [0.25, 0.3) is 0 Å². The second-order valence-electron chi connectivity index (χ2n) is 7.95. The van der Waals surface area contributed by atoms with Gasteiger partial charge in [0, 0.05) is 54.7 Å². The molecule has 0 unspecified atom stereocenters. The van der Waals surface area contributed by atoms with Gasteiger partial charge in [-0.3, -0.25) is 19.7 Å². The van der Waals surface area contributed by atoms with Crippen LogP contribution < -0.4 is 9.47 Å². The van der Waals surface area contributed by atoms with Crippen LogP contribution in [0.3, 0.4) is 0 Å². The Balaban J connectivity index is 1.49. The number of benzene rings is 2. The van der Waals surface area contributed by atoms with Crippen LogP contribution in [0.5, 0.6) is 11.5 Å². The zero-order chi connectivity index (χ0) is 23.6. The van der Waals surface area contributed by atoms with Crippen molar-refractivity contribution < 1.29 is 24.0 Å². The first-order valence-electron chi connectivity index (χ1n) is 10.6. The molecule has 2 aliphatic rings.